The minimum atomic E-state index is -4.65. The van der Waals surface area contributed by atoms with Crippen molar-refractivity contribution in [2.45, 2.75) is 57.3 Å². The van der Waals surface area contributed by atoms with Crippen molar-refractivity contribution in [2.75, 3.05) is 32.0 Å². The van der Waals surface area contributed by atoms with Gasteiger partial charge in [-0.25, -0.2) is 15.0 Å². The first kappa shape index (κ1) is 28.9. The smallest absolute Gasteiger partial charge is 0.421 e. The van der Waals surface area contributed by atoms with Crippen LogP contribution in [0.5, 0.6) is 5.88 Å². The number of pyridine rings is 3. The average Bonchev–Trinajstić information content (AvgIpc) is 3.48. The first-order valence-corrected chi connectivity index (χ1v) is 14.5. The molecule has 2 aliphatic heterocycles. The molecule has 1 amide bonds. The lowest BCUT2D eigenvalue weighted by Gasteiger charge is -2.34. The first-order valence-electron chi connectivity index (χ1n) is 14.5. The van der Waals surface area contributed by atoms with Gasteiger partial charge in [0.2, 0.25) is 11.8 Å². The van der Waals surface area contributed by atoms with Crippen molar-refractivity contribution in [1.29, 1.82) is 0 Å². The predicted octanol–water partition coefficient (Wildman–Crippen LogP) is 5.67. The molecule has 4 aromatic heterocycles. The van der Waals surface area contributed by atoms with Gasteiger partial charge in [-0.15, -0.1) is 0 Å². The Bertz CT molecular complexity index is 1610. The van der Waals surface area contributed by atoms with Crippen LogP contribution in [0.2, 0.25) is 0 Å². The van der Waals surface area contributed by atoms with Gasteiger partial charge in [0.25, 0.3) is 0 Å². The molecule has 9 nitrogen and oxygen atoms in total. The van der Waals surface area contributed by atoms with Crippen LogP contribution in [0.1, 0.15) is 54.4 Å². The molecule has 2 aliphatic rings. The number of likely N-dealkylation sites (tertiary alicyclic amines) is 1. The number of halogens is 3. The number of rotatable bonds is 7. The molecule has 0 aliphatic carbocycles. The summed E-state index contributed by atoms with van der Waals surface area (Å²) in [5.41, 5.74) is 2.91. The van der Waals surface area contributed by atoms with Crippen LogP contribution in [0, 0.1) is 0 Å². The number of amides is 1. The van der Waals surface area contributed by atoms with E-state index in [-0.39, 0.29) is 29.9 Å². The van der Waals surface area contributed by atoms with Gasteiger partial charge in [-0.3, -0.25) is 4.79 Å². The van der Waals surface area contributed by atoms with Crippen LogP contribution in [0.3, 0.4) is 0 Å². The molecule has 226 valence electrons. The fourth-order valence-corrected chi connectivity index (χ4v) is 5.90. The van der Waals surface area contributed by atoms with E-state index in [0.717, 1.165) is 53.4 Å². The number of hydrogen-bond donors (Lipinski definition) is 2. The van der Waals surface area contributed by atoms with Crippen molar-refractivity contribution in [3.05, 3.63) is 71.3 Å². The molecule has 0 bridgehead atoms. The molecule has 0 aromatic carbocycles. The quantitative estimate of drug-likeness (QED) is 0.285. The molecule has 12 heteroatoms. The monoisotopic (exact) mass is 593 g/mol. The van der Waals surface area contributed by atoms with Crippen molar-refractivity contribution in [2.24, 2.45) is 0 Å². The van der Waals surface area contributed by atoms with Crippen LogP contribution in [0.25, 0.3) is 11.0 Å². The van der Waals surface area contributed by atoms with Gasteiger partial charge < -0.3 is 24.8 Å². The van der Waals surface area contributed by atoms with E-state index in [9.17, 15) is 18.0 Å². The van der Waals surface area contributed by atoms with Crippen molar-refractivity contribution < 1.29 is 22.7 Å². The van der Waals surface area contributed by atoms with Gasteiger partial charge in [-0.05, 0) is 67.3 Å². The maximum Gasteiger partial charge on any atom is 0.421 e. The van der Waals surface area contributed by atoms with E-state index in [1.807, 2.05) is 37.6 Å². The number of aromatic nitrogens is 4. The second-order valence-corrected chi connectivity index (χ2v) is 11.4. The standard InChI is InChI=1S/C31H34F3N7O2/c1-3-20-17-41(18-21-14-27(37-16-24(20)21)39-26-5-9-36-29-23(26)4-8-35-29)28(42)13-19-12-25(31(32,33)34)30(38-15-19)43-22-6-10-40(2)11-7-22/h4-5,8-9,12,14-16,20,22H,3,6-7,10-11,13,17-18H2,1-2H3,(H2,35,36,37,39). The zero-order chi connectivity index (χ0) is 30.1. The number of carbonyl (C=O) groups excluding carboxylic acids is 1. The lowest BCUT2D eigenvalue weighted by molar-refractivity contribution is -0.140. The minimum absolute atomic E-state index is 0.0701. The molecule has 4 aromatic rings. The van der Waals surface area contributed by atoms with Gasteiger partial charge in [-0.1, -0.05) is 6.92 Å². The lowest BCUT2D eigenvalue weighted by atomic mass is 9.89. The molecule has 6 heterocycles. The van der Waals surface area contributed by atoms with E-state index in [1.165, 1.54) is 6.20 Å². The molecule has 0 radical (unpaired) electrons. The Morgan fingerprint density at radius 3 is 2.72 bits per heavy atom. The van der Waals surface area contributed by atoms with Gasteiger partial charge in [0.05, 0.1) is 12.1 Å². The predicted molar refractivity (Wildman–Crippen MR) is 156 cm³/mol. The molecular weight excluding hydrogens is 559 g/mol. The first-order chi connectivity index (χ1) is 20.7. The molecular formula is C31H34F3N7O2. The van der Waals surface area contributed by atoms with Crippen LogP contribution in [0.15, 0.2) is 49.1 Å². The maximum atomic E-state index is 14.0. The Labute approximate surface area is 247 Å². The fraction of sp³-hybridized carbons (Fsp3) is 0.419. The molecule has 1 atom stereocenters. The molecule has 0 spiro atoms. The molecule has 1 saturated heterocycles. The summed E-state index contributed by atoms with van der Waals surface area (Å²) in [6.07, 6.45) is 3.62. The van der Waals surface area contributed by atoms with Crippen LogP contribution in [-0.4, -0.2) is 68.4 Å². The number of aromatic amines is 1. The number of nitrogens with one attached hydrogen (secondary N) is 2. The summed E-state index contributed by atoms with van der Waals surface area (Å²) in [5.74, 6) is 0.0314. The summed E-state index contributed by atoms with van der Waals surface area (Å²) >= 11 is 0. The number of piperidine rings is 1. The van der Waals surface area contributed by atoms with Crippen LogP contribution >= 0.6 is 0 Å². The van der Waals surface area contributed by atoms with Gasteiger partial charge in [0, 0.05) is 62.3 Å². The number of fused-ring (bicyclic) bond motifs is 2. The van der Waals surface area contributed by atoms with E-state index in [0.29, 0.717) is 31.7 Å². The Kier molecular flexibility index (Phi) is 7.95. The molecule has 1 fully saturated rings. The van der Waals surface area contributed by atoms with Crippen molar-refractivity contribution >= 4 is 28.4 Å². The summed E-state index contributed by atoms with van der Waals surface area (Å²) in [7, 11) is 1.97. The third-order valence-corrected chi connectivity index (χ3v) is 8.35. The van der Waals surface area contributed by atoms with Crippen molar-refractivity contribution in [3.8, 4) is 5.88 Å². The summed E-state index contributed by atoms with van der Waals surface area (Å²) < 4.78 is 47.8. The molecule has 0 saturated carbocycles. The van der Waals surface area contributed by atoms with E-state index >= 15 is 0 Å². The normalized spacial score (nSPS) is 18.1. The molecule has 2 N–H and O–H groups in total. The Balaban J connectivity index is 1.19. The highest BCUT2D eigenvalue weighted by Gasteiger charge is 2.37. The Hall–Kier alpha value is -4.19. The van der Waals surface area contributed by atoms with Crippen LogP contribution < -0.4 is 10.1 Å². The largest absolute Gasteiger partial charge is 0.474 e. The average molecular weight is 594 g/mol. The zero-order valence-corrected chi connectivity index (χ0v) is 24.1. The summed E-state index contributed by atoms with van der Waals surface area (Å²) in [6, 6.07) is 6.75. The summed E-state index contributed by atoms with van der Waals surface area (Å²) in [5, 5.41) is 4.28. The second-order valence-electron chi connectivity index (χ2n) is 11.4. The number of alkyl halides is 3. The number of ether oxygens (including phenoxy) is 1. The van der Waals surface area contributed by atoms with Crippen LogP contribution in [0.4, 0.5) is 24.7 Å². The second kappa shape index (κ2) is 11.8. The SMILES string of the molecule is CCC1CN(C(=O)Cc2cnc(OC3CCN(C)CC3)c(C(F)(F)F)c2)Cc2cc(Nc3ccnc4[nH]ccc34)ncc21. The topological polar surface area (TPSA) is 99.3 Å². The molecule has 1 unspecified atom stereocenters. The van der Waals surface area contributed by atoms with Gasteiger partial charge in [-0.2, -0.15) is 13.2 Å². The highest BCUT2D eigenvalue weighted by Crippen LogP contribution is 2.37. The van der Waals surface area contributed by atoms with Crippen molar-refractivity contribution in [3.63, 3.8) is 0 Å². The zero-order valence-electron chi connectivity index (χ0n) is 24.1. The number of anilines is 2. The van der Waals surface area contributed by atoms with Crippen molar-refractivity contribution in [1.82, 2.24) is 29.7 Å². The third kappa shape index (κ3) is 6.29. The fourth-order valence-electron chi connectivity index (χ4n) is 5.90. The Morgan fingerprint density at radius 2 is 1.95 bits per heavy atom. The van der Waals surface area contributed by atoms with Gasteiger partial charge in [0.15, 0.2) is 0 Å². The summed E-state index contributed by atoms with van der Waals surface area (Å²) in [6.45, 7) is 4.38. The molecule has 43 heavy (non-hydrogen) atoms. The summed E-state index contributed by atoms with van der Waals surface area (Å²) in [4.78, 5) is 33.4. The van der Waals surface area contributed by atoms with E-state index in [1.54, 1.807) is 11.1 Å². The molecule has 6 rings (SSSR count). The van der Waals surface area contributed by atoms with E-state index < -0.39 is 17.6 Å². The number of hydrogen-bond acceptors (Lipinski definition) is 7. The highest BCUT2D eigenvalue weighted by molar-refractivity contribution is 5.90. The minimum Gasteiger partial charge on any atom is -0.474 e. The Morgan fingerprint density at radius 1 is 1.14 bits per heavy atom. The van der Waals surface area contributed by atoms with E-state index in [4.69, 9.17) is 4.74 Å². The van der Waals surface area contributed by atoms with Gasteiger partial charge >= 0.3 is 6.18 Å². The lowest BCUT2D eigenvalue weighted by Crippen LogP contribution is -2.39. The van der Waals surface area contributed by atoms with Gasteiger partial charge in [0.1, 0.15) is 23.1 Å². The van der Waals surface area contributed by atoms with E-state index in [2.05, 4.69) is 37.1 Å². The number of H-pyrrole nitrogens is 1. The maximum absolute atomic E-state index is 14.0. The number of carbonyl (C=O) groups is 1. The number of nitrogens with zero attached hydrogens (tertiary/aromatic N) is 5. The van der Waals surface area contributed by atoms with Crippen LogP contribution in [-0.2, 0) is 23.9 Å². The third-order valence-electron chi connectivity index (χ3n) is 8.35. The highest BCUT2D eigenvalue weighted by atomic mass is 19.4.